The molecule has 4 nitrogen and oxygen atoms in total. The molecular formula is C16H34N2O2. The SMILES string of the molecule is COCCNCC1(CN(C)CCOC)CCC(C)CC1. The molecule has 1 rings (SSSR count). The van der Waals surface area contributed by atoms with Crippen molar-refractivity contribution in [3.63, 3.8) is 0 Å². The average molecular weight is 286 g/mol. The minimum absolute atomic E-state index is 0.433. The van der Waals surface area contributed by atoms with Gasteiger partial charge in [0, 0.05) is 40.4 Å². The van der Waals surface area contributed by atoms with Crippen LogP contribution >= 0.6 is 0 Å². The summed E-state index contributed by atoms with van der Waals surface area (Å²) < 4.78 is 10.3. The Labute approximate surface area is 125 Å². The summed E-state index contributed by atoms with van der Waals surface area (Å²) in [5.74, 6) is 0.895. The van der Waals surface area contributed by atoms with Gasteiger partial charge in [0.25, 0.3) is 0 Å². The Morgan fingerprint density at radius 1 is 1.15 bits per heavy atom. The van der Waals surface area contributed by atoms with E-state index in [2.05, 4.69) is 24.2 Å². The quantitative estimate of drug-likeness (QED) is 0.623. The van der Waals surface area contributed by atoms with Crippen LogP contribution in [0.3, 0.4) is 0 Å². The van der Waals surface area contributed by atoms with Gasteiger partial charge in [-0.25, -0.2) is 0 Å². The number of methoxy groups -OCH3 is 2. The van der Waals surface area contributed by atoms with E-state index in [0.717, 1.165) is 38.8 Å². The number of rotatable bonds is 10. The van der Waals surface area contributed by atoms with Crippen LogP contribution in [0.5, 0.6) is 0 Å². The summed E-state index contributed by atoms with van der Waals surface area (Å²) >= 11 is 0. The lowest BCUT2D eigenvalue weighted by molar-refractivity contribution is 0.0797. The normalized spacial score (nSPS) is 27.1. The lowest BCUT2D eigenvalue weighted by Gasteiger charge is -2.42. The third-order valence-electron chi connectivity index (χ3n) is 4.60. The van der Waals surface area contributed by atoms with Crippen molar-refractivity contribution in [2.45, 2.75) is 32.6 Å². The molecule has 0 bridgehead atoms. The maximum atomic E-state index is 5.19. The predicted octanol–water partition coefficient (Wildman–Crippen LogP) is 2.00. The lowest BCUT2D eigenvalue weighted by atomic mass is 9.70. The van der Waals surface area contributed by atoms with Crippen LogP contribution in [0.4, 0.5) is 0 Å². The zero-order chi connectivity index (χ0) is 14.8. The Kier molecular flexibility index (Phi) is 8.69. The first-order valence-electron chi connectivity index (χ1n) is 7.99. The molecule has 0 spiro atoms. The third kappa shape index (κ3) is 6.53. The zero-order valence-electron chi connectivity index (χ0n) is 13.9. The second-order valence-electron chi connectivity index (χ2n) is 6.58. The highest BCUT2D eigenvalue weighted by atomic mass is 16.5. The maximum absolute atomic E-state index is 5.19. The lowest BCUT2D eigenvalue weighted by Crippen LogP contribution is -2.46. The first kappa shape index (κ1) is 17.9. The summed E-state index contributed by atoms with van der Waals surface area (Å²) in [7, 11) is 5.75. The Balaban J connectivity index is 2.45. The Bertz CT molecular complexity index is 241. The number of likely N-dealkylation sites (N-methyl/N-ethyl adjacent to an activating group) is 1. The van der Waals surface area contributed by atoms with Crippen LogP contribution in [0, 0.1) is 11.3 Å². The fraction of sp³-hybridized carbons (Fsp3) is 1.00. The van der Waals surface area contributed by atoms with Crippen molar-refractivity contribution in [1.29, 1.82) is 0 Å². The summed E-state index contributed by atoms with van der Waals surface area (Å²) in [6.07, 6.45) is 5.41. The van der Waals surface area contributed by atoms with Gasteiger partial charge in [0.15, 0.2) is 0 Å². The molecule has 0 aromatic carbocycles. The molecule has 1 aliphatic rings. The number of nitrogens with zero attached hydrogens (tertiary/aromatic N) is 1. The molecule has 1 saturated carbocycles. The number of ether oxygens (including phenoxy) is 2. The zero-order valence-corrected chi connectivity index (χ0v) is 13.9. The topological polar surface area (TPSA) is 33.7 Å². The molecular weight excluding hydrogens is 252 g/mol. The summed E-state index contributed by atoms with van der Waals surface area (Å²) in [5.41, 5.74) is 0.433. The van der Waals surface area contributed by atoms with Crippen LogP contribution in [0.15, 0.2) is 0 Å². The van der Waals surface area contributed by atoms with Crippen molar-refractivity contribution >= 4 is 0 Å². The van der Waals surface area contributed by atoms with Gasteiger partial charge in [0.1, 0.15) is 0 Å². The third-order valence-corrected chi connectivity index (χ3v) is 4.60. The van der Waals surface area contributed by atoms with E-state index < -0.39 is 0 Å². The van der Waals surface area contributed by atoms with Crippen molar-refractivity contribution < 1.29 is 9.47 Å². The number of nitrogens with one attached hydrogen (secondary N) is 1. The van der Waals surface area contributed by atoms with Crippen molar-refractivity contribution in [3.05, 3.63) is 0 Å². The molecule has 120 valence electrons. The fourth-order valence-corrected chi connectivity index (χ4v) is 3.19. The van der Waals surface area contributed by atoms with E-state index >= 15 is 0 Å². The van der Waals surface area contributed by atoms with Crippen LogP contribution in [-0.2, 0) is 9.47 Å². The monoisotopic (exact) mass is 286 g/mol. The number of hydrogen-bond donors (Lipinski definition) is 1. The standard InChI is InChI=1S/C16H34N2O2/c1-15-5-7-16(8-6-15,13-17-9-11-19-3)14-18(2)10-12-20-4/h15,17H,5-14H2,1-4H3. The first-order chi connectivity index (χ1) is 9.62. The Morgan fingerprint density at radius 3 is 2.40 bits per heavy atom. The summed E-state index contributed by atoms with van der Waals surface area (Å²) in [4.78, 5) is 2.43. The molecule has 0 atom stereocenters. The molecule has 0 saturated heterocycles. The van der Waals surface area contributed by atoms with E-state index in [9.17, 15) is 0 Å². The largest absolute Gasteiger partial charge is 0.383 e. The molecule has 0 aromatic heterocycles. The minimum Gasteiger partial charge on any atom is -0.383 e. The van der Waals surface area contributed by atoms with E-state index in [-0.39, 0.29) is 0 Å². The molecule has 0 aromatic rings. The molecule has 0 radical (unpaired) electrons. The molecule has 0 unspecified atom stereocenters. The first-order valence-corrected chi connectivity index (χ1v) is 7.99. The van der Waals surface area contributed by atoms with Gasteiger partial charge in [-0.2, -0.15) is 0 Å². The molecule has 4 heteroatoms. The summed E-state index contributed by atoms with van der Waals surface area (Å²) in [6.45, 7) is 8.26. The fourth-order valence-electron chi connectivity index (χ4n) is 3.19. The molecule has 20 heavy (non-hydrogen) atoms. The highest BCUT2D eigenvalue weighted by Gasteiger charge is 2.34. The smallest absolute Gasteiger partial charge is 0.0589 e. The van der Waals surface area contributed by atoms with E-state index in [1.807, 2.05) is 0 Å². The highest BCUT2D eigenvalue weighted by molar-refractivity contribution is 4.89. The van der Waals surface area contributed by atoms with Gasteiger partial charge < -0.3 is 19.7 Å². The summed E-state index contributed by atoms with van der Waals surface area (Å²) in [5, 5.41) is 3.59. The predicted molar refractivity (Wildman–Crippen MR) is 84.2 cm³/mol. The number of hydrogen-bond acceptors (Lipinski definition) is 4. The van der Waals surface area contributed by atoms with Gasteiger partial charge in [-0.1, -0.05) is 19.8 Å². The summed E-state index contributed by atoms with van der Waals surface area (Å²) in [6, 6.07) is 0. The molecule has 0 aliphatic heterocycles. The van der Waals surface area contributed by atoms with E-state index in [0.29, 0.717) is 5.41 Å². The van der Waals surface area contributed by atoms with Crippen molar-refractivity contribution in [2.24, 2.45) is 11.3 Å². The van der Waals surface area contributed by atoms with Crippen LogP contribution in [-0.4, -0.2) is 65.6 Å². The van der Waals surface area contributed by atoms with Crippen molar-refractivity contribution in [1.82, 2.24) is 10.2 Å². The van der Waals surface area contributed by atoms with Gasteiger partial charge in [0.2, 0.25) is 0 Å². The van der Waals surface area contributed by atoms with Gasteiger partial charge in [-0.05, 0) is 31.2 Å². The van der Waals surface area contributed by atoms with Crippen LogP contribution in [0.2, 0.25) is 0 Å². The van der Waals surface area contributed by atoms with Gasteiger partial charge in [-0.15, -0.1) is 0 Å². The van der Waals surface area contributed by atoms with Gasteiger partial charge in [0.05, 0.1) is 13.2 Å². The van der Waals surface area contributed by atoms with Crippen molar-refractivity contribution in [2.75, 3.05) is 60.7 Å². The Hall–Kier alpha value is -0.160. The van der Waals surface area contributed by atoms with Crippen LogP contribution in [0.1, 0.15) is 32.6 Å². The van der Waals surface area contributed by atoms with Gasteiger partial charge >= 0.3 is 0 Å². The van der Waals surface area contributed by atoms with Crippen LogP contribution < -0.4 is 5.32 Å². The Morgan fingerprint density at radius 2 is 1.80 bits per heavy atom. The molecule has 0 amide bonds. The maximum Gasteiger partial charge on any atom is 0.0589 e. The molecule has 1 N–H and O–H groups in total. The van der Waals surface area contributed by atoms with Crippen molar-refractivity contribution in [3.8, 4) is 0 Å². The van der Waals surface area contributed by atoms with E-state index in [1.54, 1.807) is 14.2 Å². The van der Waals surface area contributed by atoms with E-state index in [4.69, 9.17) is 9.47 Å². The molecule has 1 aliphatic carbocycles. The molecule has 0 heterocycles. The second-order valence-corrected chi connectivity index (χ2v) is 6.58. The second kappa shape index (κ2) is 9.72. The minimum atomic E-state index is 0.433. The molecule has 1 fully saturated rings. The van der Waals surface area contributed by atoms with Gasteiger partial charge in [-0.3, -0.25) is 0 Å². The van der Waals surface area contributed by atoms with Crippen LogP contribution in [0.25, 0.3) is 0 Å². The highest BCUT2D eigenvalue weighted by Crippen LogP contribution is 2.38. The van der Waals surface area contributed by atoms with E-state index in [1.165, 1.54) is 32.2 Å². The average Bonchev–Trinajstić information content (AvgIpc) is 2.45.